The van der Waals surface area contributed by atoms with E-state index in [1.807, 2.05) is 6.07 Å². The van der Waals surface area contributed by atoms with Crippen LogP contribution in [-0.4, -0.2) is 9.66 Å². The fraction of sp³-hybridized carbons (Fsp3) is 0. The van der Waals surface area contributed by atoms with Gasteiger partial charge in [-0.1, -0.05) is 0 Å². The van der Waals surface area contributed by atoms with Gasteiger partial charge in [-0.2, -0.15) is 5.26 Å². The van der Waals surface area contributed by atoms with E-state index in [1.165, 1.54) is 4.68 Å². The Kier molecular flexibility index (Phi) is 1.36. The van der Waals surface area contributed by atoms with Gasteiger partial charge in [0.15, 0.2) is 0 Å². The van der Waals surface area contributed by atoms with Crippen LogP contribution in [0.5, 0.6) is 0 Å². The Labute approximate surface area is 74.2 Å². The van der Waals surface area contributed by atoms with Crippen LogP contribution in [0, 0.1) is 11.3 Å². The highest BCUT2D eigenvalue weighted by Gasteiger charge is 2.05. The molecule has 64 valence electrons. The van der Waals surface area contributed by atoms with Crippen molar-refractivity contribution < 1.29 is 0 Å². The maximum absolute atomic E-state index is 8.63. The van der Waals surface area contributed by atoms with Gasteiger partial charge in [-0.15, -0.1) is 0 Å². The van der Waals surface area contributed by atoms with Crippen LogP contribution < -0.4 is 11.6 Å². The van der Waals surface area contributed by atoms with E-state index in [4.69, 9.17) is 16.8 Å². The summed E-state index contributed by atoms with van der Waals surface area (Å²) in [5, 5.41) is 8.63. The Hall–Kier alpha value is -2.22. The molecule has 1 aromatic heterocycles. The molecule has 0 atom stereocenters. The molecule has 1 aromatic carbocycles. The molecule has 0 unspecified atom stereocenters. The number of rotatable bonds is 0. The second-order valence-corrected chi connectivity index (χ2v) is 2.66. The smallest absolute Gasteiger partial charge is 0.220 e. The van der Waals surface area contributed by atoms with Gasteiger partial charge in [0.1, 0.15) is 0 Å². The number of benzene rings is 1. The summed E-state index contributed by atoms with van der Waals surface area (Å²) >= 11 is 0. The summed E-state index contributed by atoms with van der Waals surface area (Å²) in [5.41, 5.74) is 7.39. The van der Waals surface area contributed by atoms with Crippen molar-refractivity contribution in [1.82, 2.24) is 9.66 Å². The first kappa shape index (κ1) is 7.43. The van der Waals surface area contributed by atoms with E-state index >= 15 is 0 Å². The standard InChI is InChI=1S/C8H7N5/c9-4-5-1-2-7-6(3-5)12-8(10)13(7)11/h1-3H,11H2,(H2,10,12). The highest BCUT2D eigenvalue weighted by molar-refractivity contribution is 5.79. The molecule has 0 saturated carbocycles. The summed E-state index contributed by atoms with van der Waals surface area (Å²) < 4.78 is 1.29. The first-order valence-electron chi connectivity index (χ1n) is 3.65. The van der Waals surface area contributed by atoms with E-state index in [-0.39, 0.29) is 5.95 Å². The molecule has 0 saturated heterocycles. The van der Waals surface area contributed by atoms with Crippen molar-refractivity contribution in [3.05, 3.63) is 23.8 Å². The van der Waals surface area contributed by atoms with Crippen molar-refractivity contribution in [2.75, 3.05) is 11.6 Å². The summed E-state index contributed by atoms with van der Waals surface area (Å²) in [6.07, 6.45) is 0. The minimum atomic E-state index is 0.241. The quantitative estimate of drug-likeness (QED) is 0.556. The molecule has 0 fully saturated rings. The molecule has 0 aliphatic rings. The van der Waals surface area contributed by atoms with Crippen molar-refractivity contribution in [2.24, 2.45) is 0 Å². The molecular formula is C8H7N5. The first-order valence-corrected chi connectivity index (χ1v) is 3.65. The first-order chi connectivity index (χ1) is 6.22. The number of anilines is 1. The van der Waals surface area contributed by atoms with Crippen LogP contribution >= 0.6 is 0 Å². The van der Waals surface area contributed by atoms with Crippen LogP contribution in [-0.2, 0) is 0 Å². The van der Waals surface area contributed by atoms with Gasteiger partial charge in [-0.05, 0) is 18.2 Å². The van der Waals surface area contributed by atoms with Gasteiger partial charge in [0.2, 0.25) is 5.95 Å². The Balaban J connectivity index is 2.82. The van der Waals surface area contributed by atoms with Gasteiger partial charge in [0.25, 0.3) is 0 Å². The van der Waals surface area contributed by atoms with Crippen molar-refractivity contribution in [1.29, 1.82) is 5.26 Å². The van der Waals surface area contributed by atoms with Gasteiger partial charge in [-0.3, -0.25) is 0 Å². The number of aromatic nitrogens is 2. The van der Waals surface area contributed by atoms with Crippen LogP contribution in [0.25, 0.3) is 11.0 Å². The number of hydrogen-bond donors (Lipinski definition) is 2. The average Bonchev–Trinajstić information content (AvgIpc) is 2.42. The van der Waals surface area contributed by atoms with Crippen LogP contribution in [0.2, 0.25) is 0 Å². The zero-order valence-electron chi connectivity index (χ0n) is 6.73. The van der Waals surface area contributed by atoms with Gasteiger partial charge < -0.3 is 11.6 Å². The van der Waals surface area contributed by atoms with Crippen LogP contribution in [0.4, 0.5) is 5.95 Å². The molecule has 5 nitrogen and oxygen atoms in total. The normalized spacial score (nSPS) is 10.1. The van der Waals surface area contributed by atoms with Gasteiger partial charge in [0.05, 0.1) is 22.7 Å². The summed E-state index contributed by atoms with van der Waals surface area (Å²) in [7, 11) is 0. The fourth-order valence-electron chi connectivity index (χ4n) is 1.19. The van der Waals surface area contributed by atoms with Crippen LogP contribution in [0.15, 0.2) is 18.2 Å². The molecule has 0 bridgehead atoms. The highest BCUT2D eigenvalue weighted by Crippen LogP contribution is 2.15. The Morgan fingerprint density at radius 2 is 2.23 bits per heavy atom. The number of fused-ring (bicyclic) bond motifs is 1. The molecule has 2 aromatic rings. The lowest BCUT2D eigenvalue weighted by atomic mass is 10.2. The van der Waals surface area contributed by atoms with Crippen molar-refractivity contribution in [3.8, 4) is 6.07 Å². The summed E-state index contributed by atoms with van der Waals surface area (Å²) in [6, 6.07) is 7.06. The molecule has 0 radical (unpaired) electrons. The Bertz CT molecular complexity index is 505. The lowest BCUT2D eigenvalue weighted by Gasteiger charge is -1.94. The zero-order valence-corrected chi connectivity index (χ0v) is 6.73. The lowest BCUT2D eigenvalue weighted by Crippen LogP contribution is -2.11. The van der Waals surface area contributed by atoms with E-state index < -0.39 is 0 Å². The molecule has 5 heteroatoms. The lowest BCUT2D eigenvalue weighted by molar-refractivity contribution is 1.06. The largest absolute Gasteiger partial charge is 0.368 e. The van der Waals surface area contributed by atoms with Crippen LogP contribution in [0.1, 0.15) is 5.56 Å². The monoisotopic (exact) mass is 173 g/mol. The third-order valence-electron chi connectivity index (χ3n) is 1.85. The second kappa shape index (κ2) is 2.38. The van der Waals surface area contributed by atoms with Crippen molar-refractivity contribution in [2.45, 2.75) is 0 Å². The van der Waals surface area contributed by atoms with Crippen molar-refractivity contribution >= 4 is 17.0 Å². The fourth-order valence-corrected chi connectivity index (χ4v) is 1.19. The van der Waals surface area contributed by atoms with E-state index in [0.29, 0.717) is 11.1 Å². The Morgan fingerprint density at radius 3 is 2.92 bits per heavy atom. The Morgan fingerprint density at radius 1 is 1.46 bits per heavy atom. The summed E-state index contributed by atoms with van der Waals surface area (Å²) in [5.74, 6) is 5.82. The maximum Gasteiger partial charge on any atom is 0.220 e. The molecule has 0 aliphatic carbocycles. The van der Waals surface area contributed by atoms with E-state index in [1.54, 1.807) is 18.2 Å². The predicted octanol–water partition coefficient (Wildman–Crippen LogP) is 0.204. The zero-order chi connectivity index (χ0) is 9.42. The topological polar surface area (TPSA) is 93.6 Å². The van der Waals surface area contributed by atoms with E-state index in [0.717, 1.165) is 5.52 Å². The molecule has 0 aliphatic heterocycles. The third kappa shape index (κ3) is 0.964. The average molecular weight is 173 g/mol. The second-order valence-electron chi connectivity index (χ2n) is 2.66. The number of hydrogen-bond acceptors (Lipinski definition) is 4. The summed E-state index contributed by atoms with van der Waals surface area (Å²) in [6.45, 7) is 0. The minimum Gasteiger partial charge on any atom is -0.368 e. The SMILES string of the molecule is N#Cc1ccc2c(c1)nc(N)n2N. The minimum absolute atomic E-state index is 0.241. The molecular weight excluding hydrogens is 166 g/mol. The predicted molar refractivity (Wildman–Crippen MR) is 49.0 cm³/mol. The number of nitriles is 1. The molecule has 4 N–H and O–H groups in total. The molecule has 1 heterocycles. The highest BCUT2D eigenvalue weighted by atomic mass is 15.4. The molecule has 2 rings (SSSR count). The van der Waals surface area contributed by atoms with E-state index in [2.05, 4.69) is 4.98 Å². The van der Waals surface area contributed by atoms with Crippen molar-refractivity contribution in [3.63, 3.8) is 0 Å². The number of imidazole rings is 1. The summed E-state index contributed by atoms with van der Waals surface area (Å²) in [4.78, 5) is 3.99. The number of nitrogens with two attached hydrogens (primary N) is 2. The molecule has 0 spiro atoms. The van der Waals surface area contributed by atoms with Gasteiger partial charge in [0, 0.05) is 0 Å². The molecule has 13 heavy (non-hydrogen) atoms. The van der Waals surface area contributed by atoms with E-state index in [9.17, 15) is 0 Å². The molecule has 0 amide bonds. The van der Waals surface area contributed by atoms with Gasteiger partial charge >= 0.3 is 0 Å². The van der Waals surface area contributed by atoms with Crippen LogP contribution in [0.3, 0.4) is 0 Å². The number of nitrogen functional groups attached to an aromatic ring is 2. The maximum atomic E-state index is 8.63. The van der Waals surface area contributed by atoms with Gasteiger partial charge in [-0.25, -0.2) is 9.66 Å². The third-order valence-corrected chi connectivity index (χ3v) is 1.85. The number of nitrogens with zero attached hydrogens (tertiary/aromatic N) is 3.